The molecule has 2 aromatic heterocycles. The van der Waals surface area contributed by atoms with Crippen molar-refractivity contribution in [2.45, 2.75) is 46.3 Å². The lowest BCUT2D eigenvalue weighted by atomic mass is 10.1. The van der Waals surface area contributed by atoms with Crippen LogP contribution in [0.3, 0.4) is 0 Å². The number of aromatic nitrogens is 4. The minimum absolute atomic E-state index is 0.216. The van der Waals surface area contributed by atoms with Gasteiger partial charge in [0, 0.05) is 18.4 Å². The lowest BCUT2D eigenvalue weighted by Crippen LogP contribution is -2.29. The summed E-state index contributed by atoms with van der Waals surface area (Å²) in [6, 6.07) is 9.82. The first-order chi connectivity index (χ1) is 14.5. The number of benzene rings is 1. The first-order valence-electron chi connectivity index (χ1n) is 10.4. The molecule has 1 aliphatic rings. The largest absolute Gasteiger partial charge is 0.321 e. The van der Waals surface area contributed by atoms with Crippen molar-refractivity contribution in [1.82, 2.24) is 24.5 Å². The second-order valence-corrected chi connectivity index (χ2v) is 8.65. The average molecular weight is 471 g/mol. The fourth-order valence-electron chi connectivity index (χ4n) is 3.78. The Kier molecular flexibility index (Phi) is 6.34. The second-order valence-electron chi connectivity index (χ2n) is 7.85. The van der Waals surface area contributed by atoms with Crippen LogP contribution in [-0.2, 0) is 13.2 Å². The first kappa shape index (κ1) is 20.8. The monoisotopic (exact) mass is 470 g/mol. The second kappa shape index (κ2) is 9.14. The standard InChI is InChI=1S/C22H27BrN6O/c1-16-21(23)17(2)29(25-16)15-28-13-10-20(26-28)22(30)24-19-8-6-18(7-9-19)14-27-11-4-3-5-12-27/h6-10,13H,3-5,11-12,14-15H2,1-2H3,(H,24,30). The maximum absolute atomic E-state index is 12.6. The highest BCUT2D eigenvalue weighted by Gasteiger charge is 2.13. The van der Waals surface area contributed by atoms with Gasteiger partial charge in [0.2, 0.25) is 0 Å². The van der Waals surface area contributed by atoms with Gasteiger partial charge >= 0.3 is 0 Å². The molecule has 0 radical (unpaired) electrons. The van der Waals surface area contributed by atoms with Gasteiger partial charge in [0.25, 0.3) is 5.91 Å². The zero-order valence-corrected chi connectivity index (χ0v) is 19.0. The molecule has 3 heterocycles. The molecule has 1 fully saturated rings. The van der Waals surface area contributed by atoms with Crippen LogP contribution >= 0.6 is 15.9 Å². The predicted octanol–water partition coefficient (Wildman–Crippen LogP) is 4.20. The van der Waals surface area contributed by atoms with E-state index >= 15 is 0 Å². The van der Waals surface area contributed by atoms with Crippen LogP contribution in [0.5, 0.6) is 0 Å². The van der Waals surface area contributed by atoms with Crippen molar-refractivity contribution in [2.75, 3.05) is 18.4 Å². The summed E-state index contributed by atoms with van der Waals surface area (Å²) in [6.45, 7) is 7.73. The maximum atomic E-state index is 12.6. The Morgan fingerprint density at radius 2 is 1.80 bits per heavy atom. The Hall–Kier alpha value is -2.45. The number of piperidine rings is 1. The van der Waals surface area contributed by atoms with Gasteiger partial charge < -0.3 is 5.32 Å². The fourth-order valence-corrected chi connectivity index (χ4v) is 4.06. The molecule has 8 heteroatoms. The number of anilines is 1. The third kappa shape index (κ3) is 4.82. The van der Waals surface area contributed by atoms with Gasteiger partial charge in [0.1, 0.15) is 6.67 Å². The minimum Gasteiger partial charge on any atom is -0.321 e. The number of amides is 1. The van der Waals surface area contributed by atoms with E-state index in [1.54, 1.807) is 16.9 Å². The highest BCUT2D eigenvalue weighted by molar-refractivity contribution is 9.10. The van der Waals surface area contributed by atoms with E-state index < -0.39 is 0 Å². The van der Waals surface area contributed by atoms with E-state index in [1.807, 2.05) is 30.7 Å². The molecule has 158 valence electrons. The van der Waals surface area contributed by atoms with E-state index in [0.717, 1.165) is 28.1 Å². The number of nitrogens with one attached hydrogen (secondary N) is 1. The number of rotatable bonds is 6. The molecule has 0 bridgehead atoms. The molecule has 1 saturated heterocycles. The molecule has 30 heavy (non-hydrogen) atoms. The summed E-state index contributed by atoms with van der Waals surface area (Å²) >= 11 is 3.53. The van der Waals surface area contributed by atoms with Gasteiger partial charge in [-0.25, -0.2) is 4.68 Å². The minimum atomic E-state index is -0.216. The topological polar surface area (TPSA) is 68.0 Å². The van der Waals surface area contributed by atoms with Gasteiger partial charge in [-0.15, -0.1) is 0 Å². The van der Waals surface area contributed by atoms with Crippen LogP contribution in [-0.4, -0.2) is 43.5 Å². The number of nitrogens with zero attached hydrogens (tertiary/aromatic N) is 5. The first-order valence-corrected chi connectivity index (χ1v) is 11.1. The molecule has 1 amide bonds. The number of aryl methyl sites for hydroxylation is 1. The predicted molar refractivity (Wildman–Crippen MR) is 121 cm³/mol. The zero-order chi connectivity index (χ0) is 21.1. The third-order valence-electron chi connectivity index (χ3n) is 5.51. The summed E-state index contributed by atoms with van der Waals surface area (Å²) in [7, 11) is 0. The Labute approximate surface area is 185 Å². The van der Waals surface area contributed by atoms with Gasteiger partial charge in [-0.3, -0.25) is 14.4 Å². The molecular weight excluding hydrogens is 444 g/mol. The number of carbonyl (C=O) groups excluding carboxylic acids is 1. The van der Waals surface area contributed by atoms with Crippen molar-refractivity contribution in [1.29, 1.82) is 0 Å². The van der Waals surface area contributed by atoms with Gasteiger partial charge in [0.15, 0.2) is 5.69 Å². The normalized spacial score (nSPS) is 14.8. The van der Waals surface area contributed by atoms with Crippen LogP contribution < -0.4 is 5.32 Å². The molecule has 0 aliphatic carbocycles. The van der Waals surface area contributed by atoms with Crippen LogP contribution in [0.15, 0.2) is 41.0 Å². The lowest BCUT2D eigenvalue weighted by Gasteiger charge is -2.26. The molecule has 0 spiro atoms. The maximum Gasteiger partial charge on any atom is 0.276 e. The van der Waals surface area contributed by atoms with E-state index in [4.69, 9.17) is 0 Å². The van der Waals surface area contributed by atoms with E-state index in [1.165, 1.54) is 37.9 Å². The third-order valence-corrected chi connectivity index (χ3v) is 6.66. The quantitative estimate of drug-likeness (QED) is 0.585. The fraction of sp³-hybridized carbons (Fsp3) is 0.409. The number of likely N-dealkylation sites (tertiary alicyclic amines) is 1. The number of halogens is 1. The van der Waals surface area contributed by atoms with Crippen molar-refractivity contribution >= 4 is 27.5 Å². The molecule has 0 unspecified atom stereocenters. The van der Waals surface area contributed by atoms with Crippen LogP contribution in [0, 0.1) is 13.8 Å². The van der Waals surface area contributed by atoms with Crippen LogP contribution in [0.25, 0.3) is 0 Å². The number of hydrogen-bond acceptors (Lipinski definition) is 4. The highest BCUT2D eigenvalue weighted by Crippen LogP contribution is 2.20. The summed E-state index contributed by atoms with van der Waals surface area (Å²) in [6.07, 6.45) is 5.71. The summed E-state index contributed by atoms with van der Waals surface area (Å²) in [5.74, 6) is -0.216. The Morgan fingerprint density at radius 3 is 2.47 bits per heavy atom. The van der Waals surface area contributed by atoms with E-state index in [9.17, 15) is 4.79 Å². The molecule has 4 rings (SSSR count). The van der Waals surface area contributed by atoms with Crippen LogP contribution in [0.4, 0.5) is 5.69 Å². The summed E-state index contributed by atoms with van der Waals surface area (Å²) in [5.41, 5.74) is 4.39. The smallest absolute Gasteiger partial charge is 0.276 e. The van der Waals surface area contributed by atoms with Gasteiger partial charge in [-0.05, 0) is 79.5 Å². The average Bonchev–Trinajstić information content (AvgIpc) is 3.31. The van der Waals surface area contributed by atoms with Crippen molar-refractivity contribution in [3.05, 3.63) is 63.6 Å². The van der Waals surface area contributed by atoms with Crippen molar-refractivity contribution in [3.63, 3.8) is 0 Å². The Morgan fingerprint density at radius 1 is 1.07 bits per heavy atom. The van der Waals surface area contributed by atoms with Crippen LogP contribution in [0.2, 0.25) is 0 Å². The van der Waals surface area contributed by atoms with E-state index in [-0.39, 0.29) is 5.91 Å². The van der Waals surface area contributed by atoms with E-state index in [0.29, 0.717) is 12.4 Å². The number of carbonyl (C=O) groups is 1. The van der Waals surface area contributed by atoms with Crippen molar-refractivity contribution in [3.8, 4) is 0 Å². The Bertz CT molecular complexity index is 1020. The van der Waals surface area contributed by atoms with Crippen molar-refractivity contribution < 1.29 is 4.79 Å². The zero-order valence-electron chi connectivity index (χ0n) is 17.4. The van der Waals surface area contributed by atoms with Gasteiger partial charge in [-0.1, -0.05) is 18.6 Å². The summed E-state index contributed by atoms with van der Waals surface area (Å²) in [4.78, 5) is 15.1. The molecule has 0 atom stereocenters. The number of hydrogen-bond donors (Lipinski definition) is 1. The van der Waals surface area contributed by atoms with E-state index in [2.05, 4.69) is 48.5 Å². The SMILES string of the molecule is Cc1nn(Cn2ccc(C(=O)Nc3ccc(CN4CCCCC4)cc3)n2)c(C)c1Br. The van der Waals surface area contributed by atoms with Crippen LogP contribution in [0.1, 0.15) is 46.7 Å². The lowest BCUT2D eigenvalue weighted by molar-refractivity contribution is 0.102. The van der Waals surface area contributed by atoms with Crippen molar-refractivity contribution in [2.24, 2.45) is 0 Å². The molecular formula is C22H27BrN6O. The molecule has 1 aromatic carbocycles. The molecule has 7 nitrogen and oxygen atoms in total. The molecule has 3 aromatic rings. The molecule has 1 aliphatic heterocycles. The highest BCUT2D eigenvalue weighted by atomic mass is 79.9. The summed E-state index contributed by atoms with van der Waals surface area (Å²) < 4.78 is 4.56. The Balaban J connectivity index is 1.35. The van der Waals surface area contributed by atoms with Gasteiger partial charge in [-0.2, -0.15) is 10.2 Å². The summed E-state index contributed by atoms with van der Waals surface area (Å²) in [5, 5.41) is 11.8. The molecule has 0 saturated carbocycles. The van der Waals surface area contributed by atoms with Gasteiger partial charge in [0.05, 0.1) is 15.9 Å². The molecule has 1 N–H and O–H groups in total.